The largest absolute Gasteiger partial charge is 0.308 e. The molecule has 3 nitrogen and oxygen atoms in total. The van der Waals surface area contributed by atoms with Crippen molar-refractivity contribution in [3.63, 3.8) is 0 Å². The highest BCUT2D eigenvalue weighted by atomic mass is 14.9. The fraction of sp³-hybridized carbons (Fsp3) is 0.333. The van der Waals surface area contributed by atoms with Crippen LogP contribution in [0.3, 0.4) is 0 Å². The summed E-state index contributed by atoms with van der Waals surface area (Å²) in [6.45, 7) is 5.86. The van der Waals surface area contributed by atoms with Crippen molar-refractivity contribution >= 4 is 0 Å². The summed E-state index contributed by atoms with van der Waals surface area (Å²) in [5.74, 6) is 0. The molecule has 1 N–H and O–H groups in total. The Morgan fingerprint density at radius 2 is 2.42 bits per heavy atom. The fourth-order valence-corrected chi connectivity index (χ4v) is 1.12. The Balaban J connectivity index is 2.88. The van der Waals surface area contributed by atoms with Gasteiger partial charge in [-0.3, -0.25) is 0 Å². The second kappa shape index (κ2) is 3.97. The van der Waals surface area contributed by atoms with Crippen LogP contribution in [0.1, 0.15) is 18.7 Å². The van der Waals surface area contributed by atoms with Crippen molar-refractivity contribution in [1.82, 2.24) is 15.3 Å². The summed E-state index contributed by atoms with van der Waals surface area (Å²) in [4.78, 5) is 7.99. The van der Waals surface area contributed by atoms with Crippen LogP contribution >= 0.6 is 0 Å². The summed E-state index contributed by atoms with van der Waals surface area (Å²) in [6, 6.07) is 2.02. The molecule has 0 amide bonds. The molecule has 0 saturated carbocycles. The molecule has 0 saturated heterocycles. The molecule has 0 fully saturated rings. The van der Waals surface area contributed by atoms with Crippen molar-refractivity contribution < 1.29 is 0 Å². The normalized spacial score (nSPS) is 12.5. The van der Waals surface area contributed by atoms with Gasteiger partial charge in [-0.05, 0) is 20.0 Å². The van der Waals surface area contributed by atoms with E-state index in [-0.39, 0.29) is 6.04 Å². The van der Waals surface area contributed by atoms with E-state index < -0.39 is 0 Å². The lowest BCUT2D eigenvalue weighted by molar-refractivity contribution is 0.657. The molecule has 1 heterocycles. The second-order valence-electron chi connectivity index (χ2n) is 2.70. The highest BCUT2D eigenvalue weighted by Crippen LogP contribution is 2.15. The minimum atomic E-state index is 0.132. The standard InChI is InChI=1S/C9H13N3/c1-7(2)9(10-3)8-4-5-11-6-12-8/h4-6,9-10H,1H2,2-3H3. The van der Waals surface area contributed by atoms with Gasteiger partial charge in [-0.1, -0.05) is 12.2 Å². The molecule has 1 unspecified atom stereocenters. The average molecular weight is 163 g/mol. The van der Waals surface area contributed by atoms with E-state index in [2.05, 4.69) is 21.9 Å². The average Bonchev–Trinajstić information content (AvgIpc) is 2.07. The predicted octanol–water partition coefficient (Wildman–Crippen LogP) is 1.31. The van der Waals surface area contributed by atoms with Crippen LogP contribution in [0, 0.1) is 0 Å². The van der Waals surface area contributed by atoms with E-state index in [0.29, 0.717) is 0 Å². The van der Waals surface area contributed by atoms with Gasteiger partial charge in [-0.15, -0.1) is 0 Å². The maximum atomic E-state index is 4.14. The molecule has 3 heteroatoms. The van der Waals surface area contributed by atoms with Crippen LogP contribution in [0.4, 0.5) is 0 Å². The van der Waals surface area contributed by atoms with E-state index >= 15 is 0 Å². The number of nitrogens with one attached hydrogen (secondary N) is 1. The van der Waals surface area contributed by atoms with Crippen LogP contribution < -0.4 is 5.32 Å². The van der Waals surface area contributed by atoms with Gasteiger partial charge in [0.1, 0.15) is 6.33 Å². The zero-order valence-electron chi connectivity index (χ0n) is 7.41. The summed E-state index contributed by atoms with van der Waals surface area (Å²) < 4.78 is 0. The molecule has 1 aromatic heterocycles. The molecular formula is C9H13N3. The molecule has 0 aromatic carbocycles. The van der Waals surface area contributed by atoms with Gasteiger partial charge in [0.05, 0.1) is 11.7 Å². The third kappa shape index (κ3) is 1.89. The van der Waals surface area contributed by atoms with Crippen LogP contribution in [0.2, 0.25) is 0 Å². The SMILES string of the molecule is C=C(C)C(NC)c1ccncn1. The van der Waals surface area contributed by atoms with Crippen LogP contribution in [-0.2, 0) is 0 Å². The van der Waals surface area contributed by atoms with Crippen molar-refractivity contribution in [2.24, 2.45) is 0 Å². The Hall–Kier alpha value is -1.22. The number of aromatic nitrogens is 2. The number of hydrogen-bond acceptors (Lipinski definition) is 3. The van der Waals surface area contributed by atoms with Crippen LogP contribution in [-0.4, -0.2) is 17.0 Å². The lowest BCUT2D eigenvalue weighted by Crippen LogP contribution is -2.18. The number of hydrogen-bond donors (Lipinski definition) is 1. The molecule has 12 heavy (non-hydrogen) atoms. The molecule has 0 bridgehead atoms. The quantitative estimate of drug-likeness (QED) is 0.683. The summed E-state index contributed by atoms with van der Waals surface area (Å²) >= 11 is 0. The second-order valence-corrected chi connectivity index (χ2v) is 2.70. The number of rotatable bonds is 3. The van der Waals surface area contributed by atoms with E-state index in [1.165, 1.54) is 0 Å². The number of nitrogens with zero attached hydrogens (tertiary/aromatic N) is 2. The molecule has 0 radical (unpaired) electrons. The molecule has 64 valence electrons. The third-order valence-electron chi connectivity index (χ3n) is 1.68. The fourth-order valence-electron chi connectivity index (χ4n) is 1.12. The summed E-state index contributed by atoms with van der Waals surface area (Å²) in [6.07, 6.45) is 3.28. The minimum Gasteiger partial charge on any atom is -0.308 e. The first-order valence-electron chi connectivity index (χ1n) is 3.84. The summed E-state index contributed by atoms with van der Waals surface area (Å²) in [5.41, 5.74) is 2.01. The first-order valence-corrected chi connectivity index (χ1v) is 3.84. The molecule has 0 aliphatic rings. The van der Waals surface area contributed by atoms with Gasteiger partial charge in [0.25, 0.3) is 0 Å². The lowest BCUT2D eigenvalue weighted by atomic mass is 10.1. The van der Waals surface area contributed by atoms with Crippen molar-refractivity contribution in [2.75, 3.05) is 7.05 Å². The highest BCUT2D eigenvalue weighted by Gasteiger charge is 2.09. The van der Waals surface area contributed by atoms with Crippen molar-refractivity contribution in [2.45, 2.75) is 13.0 Å². The van der Waals surface area contributed by atoms with E-state index in [1.54, 1.807) is 12.5 Å². The molecule has 0 aliphatic carbocycles. The van der Waals surface area contributed by atoms with Gasteiger partial charge >= 0.3 is 0 Å². The van der Waals surface area contributed by atoms with Crippen LogP contribution in [0.5, 0.6) is 0 Å². The summed E-state index contributed by atoms with van der Waals surface area (Å²) in [5, 5.41) is 3.13. The smallest absolute Gasteiger partial charge is 0.115 e. The van der Waals surface area contributed by atoms with Gasteiger partial charge in [0.15, 0.2) is 0 Å². The Kier molecular flexibility index (Phi) is 2.94. The van der Waals surface area contributed by atoms with Gasteiger partial charge in [-0.25, -0.2) is 9.97 Å². The topological polar surface area (TPSA) is 37.8 Å². The molecule has 1 rings (SSSR count). The Labute approximate surface area is 72.6 Å². The van der Waals surface area contributed by atoms with Crippen LogP contribution in [0.15, 0.2) is 30.7 Å². The molecule has 1 aromatic rings. The maximum absolute atomic E-state index is 4.14. The molecular weight excluding hydrogens is 150 g/mol. The van der Waals surface area contributed by atoms with E-state index in [4.69, 9.17) is 0 Å². The Morgan fingerprint density at radius 3 is 2.83 bits per heavy atom. The van der Waals surface area contributed by atoms with Crippen molar-refractivity contribution in [3.8, 4) is 0 Å². The first-order chi connectivity index (χ1) is 5.75. The van der Waals surface area contributed by atoms with Crippen molar-refractivity contribution in [1.29, 1.82) is 0 Å². The summed E-state index contributed by atoms with van der Waals surface area (Å²) in [7, 11) is 1.89. The first kappa shape index (κ1) is 8.87. The van der Waals surface area contributed by atoms with E-state index in [9.17, 15) is 0 Å². The Bertz CT molecular complexity index is 256. The lowest BCUT2D eigenvalue weighted by Gasteiger charge is -2.14. The third-order valence-corrected chi connectivity index (χ3v) is 1.68. The van der Waals surface area contributed by atoms with Crippen LogP contribution in [0.25, 0.3) is 0 Å². The monoisotopic (exact) mass is 163 g/mol. The molecule has 1 atom stereocenters. The minimum absolute atomic E-state index is 0.132. The predicted molar refractivity (Wildman–Crippen MR) is 48.6 cm³/mol. The van der Waals surface area contributed by atoms with Gasteiger partial charge in [-0.2, -0.15) is 0 Å². The van der Waals surface area contributed by atoms with E-state index in [0.717, 1.165) is 11.3 Å². The zero-order valence-corrected chi connectivity index (χ0v) is 7.41. The zero-order chi connectivity index (χ0) is 8.97. The van der Waals surface area contributed by atoms with E-state index in [1.807, 2.05) is 20.0 Å². The molecule has 0 aliphatic heterocycles. The number of likely N-dealkylation sites (N-methyl/N-ethyl adjacent to an activating group) is 1. The molecule has 0 spiro atoms. The van der Waals surface area contributed by atoms with Gasteiger partial charge in [0, 0.05) is 6.20 Å². The van der Waals surface area contributed by atoms with Gasteiger partial charge in [0.2, 0.25) is 0 Å². The maximum Gasteiger partial charge on any atom is 0.115 e. The Morgan fingerprint density at radius 1 is 1.67 bits per heavy atom. The highest BCUT2D eigenvalue weighted by molar-refractivity contribution is 5.16. The van der Waals surface area contributed by atoms with Crippen molar-refractivity contribution in [3.05, 3.63) is 36.4 Å². The van der Waals surface area contributed by atoms with Gasteiger partial charge < -0.3 is 5.32 Å².